The van der Waals surface area contributed by atoms with Crippen LogP contribution in [-0.2, 0) is 0 Å². The Morgan fingerprint density at radius 1 is 1.64 bits per heavy atom. The molecule has 4 heteroatoms. The molecule has 0 aliphatic carbocycles. The molecule has 1 aliphatic heterocycles. The lowest BCUT2D eigenvalue weighted by atomic mass is 10.2. The predicted octanol–water partition coefficient (Wildman–Crippen LogP) is 2.42. The summed E-state index contributed by atoms with van der Waals surface area (Å²) in [5.74, 6) is 1.02. The first-order valence-corrected chi connectivity index (χ1v) is 5.65. The van der Waals surface area contributed by atoms with Crippen LogP contribution in [0.3, 0.4) is 0 Å². The van der Waals surface area contributed by atoms with E-state index in [2.05, 4.69) is 32.7 Å². The van der Waals surface area contributed by atoms with Gasteiger partial charge in [0, 0.05) is 12.6 Å². The Labute approximate surface area is 92.4 Å². The van der Waals surface area contributed by atoms with E-state index in [1.54, 1.807) is 6.20 Å². The summed E-state index contributed by atoms with van der Waals surface area (Å²) < 4.78 is 0.992. The van der Waals surface area contributed by atoms with Crippen LogP contribution in [0.25, 0.3) is 0 Å². The maximum atomic E-state index is 5.65. The van der Waals surface area contributed by atoms with E-state index in [0.717, 1.165) is 16.8 Å². The Balaban J connectivity index is 2.31. The van der Waals surface area contributed by atoms with Gasteiger partial charge in [-0.3, -0.25) is 0 Å². The van der Waals surface area contributed by atoms with Gasteiger partial charge in [-0.15, -0.1) is 0 Å². The van der Waals surface area contributed by atoms with E-state index in [-0.39, 0.29) is 0 Å². The fraction of sp³-hybridized carbons (Fsp3) is 0.500. The van der Waals surface area contributed by atoms with E-state index in [1.165, 1.54) is 12.8 Å². The fourth-order valence-corrected chi connectivity index (χ4v) is 2.50. The SMILES string of the molecule is CC1CCCN1c1ncc(N)cc1Br. The van der Waals surface area contributed by atoms with Crippen molar-refractivity contribution in [3.05, 3.63) is 16.7 Å². The first-order valence-electron chi connectivity index (χ1n) is 4.86. The second-order valence-electron chi connectivity index (χ2n) is 3.76. The summed E-state index contributed by atoms with van der Waals surface area (Å²) in [5, 5.41) is 0. The monoisotopic (exact) mass is 255 g/mol. The van der Waals surface area contributed by atoms with Crippen molar-refractivity contribution < 1.29 is 0 Å². The topological polar surface area (TPSA) is 42.2 Å². The van der Waals surface area contributed by atoms with E-state index in [4.69, 9.17) is 5.73 Å². The molecule has 76 valence electrons. The molecular weight excluding hydrogens is 242 g/mol. The van der Waals surface area contributed by atoms with Crippen LogP contribution in [0.1, 0.15) is 19.8 Å². The molecule has 0 spiro atoms. The summed E-state index contributed by atoms with van der Waals surface area (Å²) in [6.07, 6.45) is 4.21. The van der Waals surface area contributed by atoms with Crippen LogP contribution in [0.15, 0.2) is 16.7 Å². The van der Waals surface area contributed by atoms with Gasteiger partial charge in [-0.25, -0.2) is 4.98 Å². The number of aromatic nitrogens is 1. The summed E-state index contributed by atoms with van der Waals surface area (Å²) >= 11 is 3.50. The highest BCUT2D eigenvalue weighted by molar-refractivity contribution is 9.10. The smallest absolute Gasteiger partial charge is 0.143 e. The number of nitrogens with zero attached hydrogens (tertiary/aromatic N) is 2. The van der Waals surface area contributed by atoms with E-state index < -0.39 is 0 Å². The quantitative estimate of drug-likeness (QED) is 0.839. The Morgan fingerprint density at radius 3 is 3.00 bits per heavy atom. The summed E-state index contributed by atoms with van der Waals surface area (Å²) in [7, 11) is 0. The van der Waals surface area contributed by atoms with E-state index in [9.17, 15) is 0 Å². The van der Waals surface area contributed by atoms with Crippen LogP contribution in [0, 0.1) is 0 Å². The highest BCUT2D eigenvalue weighted by Crippen LogP contribution is 2.30. The van der Waals surface area contributed by atoms with Gasteiger partial charge >= 0.3 is 0 Å². The van der Waals surface area contributed by atoms with Gasteiger partial charge in [-0.05, 0) is 41.8 Å². The number of nitrogen functional groups attached to an aromatic ring is 1. The van der Waals surface area contributed by atoms with Gasteiger partial charge < -0.3 is 10.6 Å². The van der Waals surface area contributed by atoms with Crippen LogP contribution in [0.5, 0.6) is 0 Å². The summed E-state index contributed by atoms with van der Waals surface area (Å²) in [4.78, 5) is 6.69. The number of anilines is 2. The molecule has 0 aromatic carbocycles. The van der Waals surface area contributed by atoms with Crippen molar-refractivity contribution in [3.63, 3.8) is 0 Å². The van der Waals surface area contributed by atoms with Crippen molar-refractivity contribution in [1.82, 2.24) is 4.98 Å². The van der Waals surface area contributed by atoms with Crippen LogP contribution in [0.4, 0.5) is 11.5 Å². The minimum absolute atomic E-state index is 0.586. The number of hydrogen-bond donors (Lipinski definition) is 1. The lowest BCUT2D eigenvalue weighted by molar-refractivity contribution is 0.726. The molecule has 2 N–H and O–H groups in total. The minimum Gasteiger partial charge on any atom is -0.397 e. The first kappa shape index (κ1) is 9.77. The molecule has 2 heterocycles. The number of halogens is 1. The summed E-state index contributed by atoms with van der Waals surface area (Å²) in [6, 6.07) is 2.50. The molecule has 1 atom stereocenters. The summed E-state index contributed by atoms with van der Waals surface area (Å²) in [6.45, 7) is 3.33. The third-order valence-electron chi connectivity index (χ3n) is 2.67. The molecule has 2 rings (SSSR count). The largest absolute Gasteiger partial charge is 0.397 e. The standard InChI is InChI=1S/C10H14BrN3/c1-7-3-2-4-14(7)10-9(11)5-8(12)6-13-10/h5-7H,2-4,12H2,1H3. The molecule has 1 fully saturated rings. The zero-order valence-corrected chi connectivity index (χ0v) is 9.79. The normalized spacial score (nSPS) is 21.6. The lowest BCUT2D eigenvalue weighted by Gasteiger charge is -2.23. The number of pyridine rings is 1. The number of hydrogen-bond acceptors (Lipinski definition) is 3. The molecule has 1 unspecified atom stereocenters. The van der Waals surface area contributed by atoms with Gasteiger partial charge in [0.25, 0.3) is 0 Å². The Kier molecular flexibility index (Phi) is 2.63. The third-order valence-corrected chi connectivity index (χ3v) is 3.25. The maximum Gasteiger partial charge on any atom is 0.143 e. The molecule has 14 heavy (non-hydrogen) atoms. The second kappa shape index (κ2) is 3.77. The summed E-state index contributed by atoms with van der Waals surface area (Å²) in [5.41, 5.74) is 6.35. The molecule has 0 bridgehead atoms. The Bertz CT molecular complexity index is 340. The van der Waals surface area contributed by atoms with Crippen LogP contribution in [0.2, 0.25) is 0 Å². The highest BCUT2D eigenvalue weighted by Gasteiger charge is 2.23. The molecule has 3 nitrogen and oxygen atoms in total. The zero-order valence-electron chi connectivity index (χ0n) is 8.20. The second-order valence-corrected chi connectivity index (χ2v) is 4.61. The van der Waals surface area contributed by atoms with Crippen molar-refractivity contribution in [2.75, 3.05) is 17.2 Å². The Hall–Kier alpha value is -0.770. The predicted molar refractivity (Wildman–Crippen MR) is 62.4 cm³/mol. The van der Waals surface area contributed by atoms with Gasteiger partial charge in [0.1, 0.15) is 5.82 Å². The lowest BCUT2D eigenvalue weighted by Crippen LogP contribution is -2.27. The van der Waals surface area contributed by atoms with Gasteiger partial charge in [0.15, 0.2) is 0 Å². The van der Waals surface area contributed by atoms with Gasteiger partial charge in [0.05, 0.1) is 16.4 Å². The average Bonchev–Trinajstić information content (AvgIpc) is 2.52. The van der Waals surface area contributed by atoms with Gasteiger partial charge in [0.2, 0.25) is 0 Å². The molecule has 0 radical (unpaired) electrons. The minimum atomic E-state index is 0.586. The molecule has 0 saturated carbocycles. The first-order chi connectivity index (χ1) is 6.68. The van der Waals surface area contributed by atoms with E-state index in [1.807, 2.05) is 6.07 Å². The Morgan fingerprint density at radius 2 is 2.43 bits per heavy atom. The van der Waals surface area contributed by atoms with Crippen molar-refractivity contribution >= 4 is 27.4 Å². The van der Waals surface area contributed by atoms with Gasteiger partial charge in [-0.1, -0.05) is 0 Å². The van der Waals surface area contributed by atoms with Gasteiger partial charge in [-0.2, -0.15) is 0 Å². The maximum absolute atomic E-state index is 5.65. The van der Waals surface area contributed by atoms with Crippen LogP contribution in [-0.4, -0.2) is 17.6 Å². The molecule has 1 saturated heterocycles. The molecule has 0 amide bonds. The average molecular weight is 256 g/mol. The number of nitrogens with two attached hydrogens (primary N) is 1. The van der Waals surface area contributed by atoms with Crippen molar-refractivity contribution in [2.24, 2.45) is 0 Å². The van der Waals surface area contributed by atoms with Crippen LogP contribution >= 0.6 is 15.9 Å². The van der Waals surface area contributed by atoms with E-state index >= 15 is 0 Å². The van der Waals surface area contributed by atoms with Crippen molar-refractivity contribution in [3.8, 4) is 0 Å². The highest BCUT2D eigenvalue weighted by atomic mass is 79.9. The van der Waals surface area contributed by atoms with Crippen molar-refractivity contribution in [1.29, 1.82) is 0 Å². The number of rotatable bonds is 1. The molecule has 1 aromatic heterocycles. The van der Waals surface area contributed by atoms with E-state index in [0.29, 0.717) is 11.7 Å². The van der Waals surface area contributed by atoms with Crippen LogP contribution < -0.4 is 10.6 Å². The molecule has 1 aliphatic rings. The molecular formula is C10H14BrN3. The molecule has 1 aromatic rings. The fourth-order valence-electron chi connectivity index (χ4n) is 1.90. The van der Waals surface area contributed by atoms with Crippen molar-refractivity contribution in [2.45, 2.75) is 25.8 Å². The zero-order chi connectivity index (χ0) is 10.1. The third kappa shape index (κ3) is 1.71.